The largest absolute Gasteiger partial charge is 0.382 e. The number of methoxy groups -OCH3 is 3. The van der Waals surface area contributed by atoms with E-state index in [0.29, 0.717) is 139 Å². The number of nitrogens with zero attached hydrogens (tertiary/aromatic N) is 1. The van der Waals surface area contributed by atoms with Gasteiger partial charge in [-0.1, -0.05) is 0 Å². The van der Waals surface area contributed by atoms with Crippen LogP contribution in [0.3, 0.4) is 0 Å². The van der Waals surface area contributed by atoms with Crippen LogP contribution in [-0.2, 0) is 56.8 Å². The molecule has 0 saturated carbocycles. The van der Waals surface area contributed by atoms with E-state index in [0.717, 1.165) is 19.6 Å². The van der Waals surface area contributed by atoms with Crippen molar-refractivity contribution in [3.8, 4) is 0 Å². The van der Waals surface area contributed by atoms with Crippen molar-refractivity contribution in [1.29, 1.82) is 0 Å². The second-order valence-electron chi connectivity index (χ2n) is 8.33. The Kier molecular flexibility index (Phi) is 36.0. The highest BCUT2D eigenvalue weighted by atomic mass is 16.6. The lowest BCUT2D eigenvalue weighted by Gasteiger charge is -2.22. The summed E-state index contributed by atoms with van der Waals surface area (Å²) in [5, 5.41) is 0. The van der Waals surface area contributed by atoms with Gasteiger partial charge >= 0.3 is 0 Å². The highest BCUT2D eigenvalue weighted by Crippen LogP contribution is 1.93. The van der Waals surface area contributed by atoms with E-state index in [9.17, 15) is 0 Å². The van der Waals surface area contributed by atoms with Crippen LogP contribution in [0.15, 0.2) is 0 Å². The summed E-state index contributed by atoms with van der Waals surface area (Å²) in [4.78, 5) is 2.26. The predicted octanol–water partition coefficient (Wildman–Crippen LogP) is 0.377. The Morgan fingerprint density at radius 1 is 0.250 bits per heavy atom. The molecule has 0 unspecified atom stereocenters. The Morgan fingerprint density at radius 2 is 0.425 bits per heavy atom. The normalized spacial score (nSPS) is 11.7. The van der Waals surface area contributed by atoms with Crippen LogP contribution in [0, 0.1) is 0 Å². The van der Waals surface area contributed by atoms with Gasteiger partial charge in [0.15, 0.2) is 0 Å². The summed E-state index contributed by atoms with van der Waals surface area (Å²) < 4.78 is 64.6. The first-order chi connectivity index (χ1) is 19.8. The summed E-state index contributed by atoms with van der Waals surface area (Å²) in [5.41, 5.74) is 0. The second kappa shape index (κ2) is 36.5. The van der Waals surface area contributed by atoms with Gasteiger partial charge in [-0.25, -0.2) is 0 Å². The summed E-state index contributed by atoms with van der Waals surface area (Å²) in [7, 11) is 4.95. The van der Waals surface area contributed by atoms with Crippen LogP contribution in [0.5, 0.6) is 0 Å². The molecule has 0 fully saturated rings. The third-order valence-corrected chi connectivity index (χ3v) is 5.18. The molecule has 0 saturated heterocycles. The molecule has 0 N–H and O–H groups in total. The van der Waals surface area contributed by atoms with E-state index < -0.39 is 0 Å². The van der Waals surface area contributed by atoms with Crippen molar-refractivity contribution in [2.24, 2.45) is 0 Å². The van der Waals surface area contributed by atoms with Crippen LogP contribution in [-0.4, -0.2) is 185 Å². The van der Waals surface area contributed by atoms with Gasteiger partial charge in [0, 0.05) is 41.0 Å². The molecule has 0 atom stereocenters. The molecule has 0 aromatic rings. The maximum absolute atomic E-state index is 5.73. The van der Waals surface area contributed by atoms with Gasteiger partial charge in [-0.15, -0.1) is 0 Å². The number of rotatable bonds is 36. The highest BCUT2D eigenvalue weighted by Gasteiger charge is 2.06. The molecular formula is C27H57NO12. The topological polar surface area (TPSA) is 114 Å². The molecule has 0 spiro atoms. The average molecular weight is 588 g/mol. The summed E-state index contributed by atoms with van der Waals surface area (Å²) in [6.07, 6.45) is 0. The first-order valence-corrected chi connectivity index (χ1v) is 14.2. The highest BCUT2D eigenvalue weighted by molar-refractivity contribution is 4.57. The molecule has 0 amide bonds. The summed E-state index contributed by atoms with van der Waals surface area (Å²) in [5.74, 6) is 0. The molecule has 242 valence electrons. The van der Waals surface area contributed by atoms with Gasteiger partial charge in [-0.3, -0.25) is 4.90 Å². The third kappa shape index (κ3) is 33.7. The Morgan fingerprint density at radius 3 is 0.625 bits per heavy atom. The summed E-state index contributed by atoms with van der Waals surface area (Å²) in [6.45, 7) is 14.2. The van der Waals surface area contributed by atoms with Gasteiger partial charge in [0.2, 0.25) is 0 Å². The van der Waals surface area contributed by atoms with Crippen molar-refractivity contribution in [2.45, 2.75) is 0 Å². The van der Waals surface area contributed by atoms with Crippen LogP contribution in [0.4, 0.5) is 0 Å². The third-order valence-electron chi connectivity index (χ3n) is 5.18. The lowest BCUT2D eigenvalue weighted by molar-refractivity contribution is -0.0114. The average Bonchev–Trinajstić information content (AvgIpc) is 2.97. The van der Waals surface area contributed by atoms with Crippen molar-refractivity contribution in [2.75, 3.05) is 180 Å². The lowest BCUT2D eigenvalue weighted by atomic mass is 10.4. The molecule has 0 aliphatic heterocycles. The van der Waals surface area contributed by atoms with E-state index in [1.807, 2.05) is 0 Å². The molecule has 13 heteroatoms. The molecule has 0 rings (SSSR count). The van der Waals surface area contributed by atoms with Crippen molar-refractivity contribution in [3.05, 3.63) is 0 Å². The fourth-order valence-corrected chi connectivity index (χ4v) is 2.97. The van der Waals surface area contributed by atoms with E-state index in [-0.39, 0.29) is 0 Å². The van der Waals surface area contributed by atoms with E-state index in [1.165, 1.54) is 0 Å². The molecule has 0 aliphatic carbocycles. The standard InChI is InChI=1S/C27H57NO12/c1-29-10-13-35-22-25-38-19-16-32-7-4-28(5-8-33-17-20-39-26-23-36-14-11-30-2)6-9-34-18-21-40-27-24-37-15-12-31-3/h4-27H2,1-3H3. The Bertz CT molecular complexity index is 392. The van der Waals surface area contributed by atoms with Crippen LogP contribution in [0.25, 0.3) is 0 Å². The summed E-state index contributed by atoms with van der Waals surface area (Å²) in [6, 6.07) is 0. The van der Waals surface area contributed by atoms with E-state index in [4.69, 9.17) is 56.8 Å². The predicted molar refractivity (Wildman–Crippen MR) is 149 cm³/mol. The summed E-state index contributed by atoms with van der Waals surface area (Å²) >= 11 is 0. The van der Waals surface area contributed by atoms with E-state index in [2.05, 4.69) is 4.90 Å². The van der Waals surface area contributed by atoms with Gasteiger partial charge in [0.25, 0.3) is 0 Å². The molecule has 0 aliphatic rings. The van der Waals surface area contributed by atoms with Gasteiger partial charge in [0.1, 0.15) is 0 Å². The maximum Gasteiger partial charge on any atom is 0.0701 e. The van der Waals surface area contributed by atoms with Crippen molar-refractivity contribution in [1.82, 2.24) is 4.90 Å². The Hall–Kier alpha value is -0.520. The minimum absolute atomic E-state index is 0.536. The smallest absolute Gasteiger partial charge is 0.0701 e. The number of hydrogen-bond acceptors (Lipinski definition) is 13. The Balaban J connectivity index is 3.89. The first-order valence-electron chi connectivity index (χ1n) is 14.2. The lowest BCUT2D eigenvalue weighted by Crippen LogP contribution is -2.34. The fourth-order valence-electron chi connectivity index (χ4n) is 2.97. The quantitative estimate of drug-likeness (QED) is 0.0942. The van der Waals surface area contributed by atoms with Crippen molar-refractivity contribution >= 4 is 0 Å². The first kappa shape index (κ1) is 39.5. The molecular weight excluding hydrogens is 530 g/mol. The molecule has 0 aromatic heterocycles. The van der Waals surface area contributed by atoms with Crippen LogP contribution >= 0.6 is 0 Å². The van der Waals surface area contributed by atoms with Gasteiger partial charge in [0.05, 0.1) is 139 Å². The van der Waals surface area contributed by atoms with Crippen molar-refractivity contribution < 1.29 is 56.8 Å². The molecule has 0 bridgehead atoms. The molecule has 0 radical (unpaired) electrons. The minimum Gasteiger partial charge on any atom is -0.382 e. The van der Waals surface area contributed by atoms with Gasteiger partial charge < -0.3 is 56.8 Å². The number of hydrogen-bond donors (Lipinski definition) is 0. The zero-order valence-corrected chi connectivity index (χ0v) is 25.3. The minimum atomic E-state index is 0.536. The maximum atomic E-state index is 5.73. The van der Waals surface area contributed by atoms with Crippen LogP contribution < -0.4 is 0 Å². The van der Waals surface area contributed by atoms with E-state index in [1.54, 1.807) is 21.3 Å². The van der Waals surface area contributed by atoms with Crippen LogP contribution in [0.1, 0.15) is 0 Å². The molecule has 13 nitrogen and oxygen atoms in total. The Labute approximate surface area is 241 Å². The van der Waals surface area contributed by atoms with Crippen LogP contribution in [0.2, 0.25) is 0 Å². The number of ether oxygens (including phenoxy) is 12. The van der Waals surface area contributed by atoms with Crippen molar-refractivity contribution in [3.63, 3.8) is 0 Å². The molecule has 0 aromatic carbocycles. The zero-order chi connectivity index (χ0) is 29.0. The molecule has 40 heavy (non-hydrogen) atoms. The monoisotopic (exact) mass is 587 g/mol. The fraction of sp³-hybridized carbons (Fsp3) is 1.00. The zero-order valence-electron chi connectivity index (χ0n) is 25.3. The molecule has 0 heterocycles. The second-order valence-corrected chi connectivity index (χ2v) is 8.33. The van der Waals surface area contributed by atoms with Gasteiger partial charge in [-0.05, 0) is 0 Å². The van der Waals surface area contributed by atoms with Gasteiger partial charge in [-0.2, -0.15) is 0 Å². The van der Waals surface area contributed by atoms with E-state index >= 15 is 0 Å². The SMILES string of the molecule is COCCOCCOCCOCCN(CCOCCOCCOCCOC)CCOCCOCCOCCOC.